The van der Waals surface area contributed by atoms with E-state index in [1.165, 1.54) is 6.21 Å². The molecule has 0 bridgehead atoms. The predicted molar refractivity (Wildman–Crippen MR) is 152 cm³/mol. The number of allylic oxidation sites excluding steroid dienone is 1. The van der Waals surface area contributed by atoms with Crippen molar-refractivity contribution in [2.24, 2.45) is 5.10 Å². The van der Waals surface area contributed by atoms with Gasteiger partial charge in [-0.25, -0.2) is 10.2 Å². The summed E-state index contributed by atoms with van der Waals surface area (Å²) in [5.74, 6) is 0.690. The number of hydrazone groups is 1. The van der Waals surface area contributed by atoms with E-state index in [-0.39, 0.29) is 19.3 Å². The first-order chi connectivity index (χ1) is 18.8. The quantitative estimate of drug-likeness (QED) is 0.156. The minimum atomic E-state index is -0.614. The van der Waals surface area contributed by atoms with Gasteiger partial charge in [0.15, 0.2) is 23.2 Å². The second kappa shape index (κ2) is 14.1. The number of rotatable bonds is 12. The van der Waals surface area contributed by atoms with Crippen molar-refractivity contribution in [3.05, 3.63) is 64.9 Å². The number of nitrogens with zero attached hydrogens (tertiary/aromatic N) is 1. The van der Waals surface area contributed by atoms with Crippen LogP contribution in [-0.4, -0.2) is 49.6 Å². The molecule has 1 aliphatic heterocycles. The molecule has 11 heteroatoms. The molecule has 10 nitrogen and oxygen atoms in total. The number of esters is 1. The van der Waals surface area contributed by atoms with Gasteiger partial charge < -0.3 is 29.6 Å². The number of carbonyl (C=O) groups is 2. The van der Waals surface area contributed by atoms with Crippen molar-refractivity contribution in [3.63, 3.8) is 0 Å². The van der Waals surface area contributed by atoms with E-state index in [2.05, 4.69) is 21.2 Å². The molecule has 0 spiro atoms. The van der Waals surface area contributed by atoms with E-state index >= 15 is 0 Å². The monoisotopic (exact) mass is 554 g/mol. The third-order valence-electron chi connectivity index (χ3n) is 5.85. The fourth-order valence-corrected chi connectivity index (χ4v) is 4.04. The fourth-order valence-electron chi connectivity index (χ4n) is 3.77. The van der Waals surface area contributed by atoms with Gasteiger partial charge in [-0.15, -0.1) is 0 Å². The van der Waals surface area contributed by atoms with Crippen LogP contribution in [0.1, 0.15) is 51.3 Å². The third kappa shape index (κ3) is 7.93. The van der Waals surface area contributed by atoms with Crippen LogP contribution in [0.4, 0.5) is 0 Å². The molecule has 1 amide bonds. The minimum absolute atomic E-state index is 0.0572. The Labute approximate surface area is 233 Å². The Morgan fingerprint density at radius 1 is 1.15 bits per heavy atom. The normalized spacial score (nSPS) is 15.7. The lowest BCUT2D eigenvalue weighted by atomic mass is 9.95. The Kier molecular flexibility index (Phi) is 10.7. The maximum Gasteiger partial charge on any atom is 0.338 e. The summed E-state index contributed by atoms with van der Waals surface area (Å²) in [6, 6.07) is 11.9. The van der Waals surface area contributed by atoms with E-state index in [1.54, 1.807) is 51.3 Å². The lowest BCUT2D eigenvalue weighted by molar-refractivity contribution is -0.139. The van der Waals surface area contributed by atoms with Gasteiger partial charge in [0.1, 0.15) is 5.75 Å². The first-order valence-electron chi connectivity index (χ1n) is 12.6. The Balaban J connectivity index is 1.67. The molecule has 3 rings (SSSR count). The highest BCUT2D eigenvalue weighted by Gasteiger charge is 2.32. The van der Waals surface area contributed by atoms with Crippen molar-refractivity contribution in [2.45, 2.75) is 46.3 Å². The van der Waals surface area contributed by atoms with Crippen molar-refractivity contribution >= 4 is 35.4 Å². The Hall–Kier alpha value is -4.12. The number of amides is 1. The van der Waals surface area contributed by atoms with Gasteiger partial charge in [-0.05, 0) is 69.2 Å². The molecule has 1 aliphatic rings. The van der Waals surface area contributed by atoms with Gasteiger partial charge in [-0.3, -0.25) is 4.79 Å². The summed E-state index contributed by atoms with van der Waals surface area (Å²) in [4.78, 5) is 25.2. The average Bonchev–Trinajstić information content (AvgIpc) is 2.92. The first kappa shape index (κ1) is 29.4. The van der Waals surface area contributed by atoms with Crippen molar-refractivity contribution in [1.82, 2.24) is 16.1 Å². The molecule has 2 aromatic rings. The Bertz CT molecular complexity index is 1260. The van der Waals surface area contributed by atoms with Gasteiger partial charge >= 0.3 is 5.97 Å². The number of carbonyl (C=O) groups excluding carboxylic acids is 2. The maximum atomic E-state index is 12.7. The lowest BCUT2D eigenvalue weighted by Gasteiger charge is -2.30. The molecule has 0 unspecified atom stereocenters. The van der Waals surface area contributed by atoms with Gasteiger partial charge in [0.25, 0.3) is 5.91 Å². The van der Waals surface area contributed by atoms with Crippen molar-refractivity contribution < 1.29 is 28.5 Å². The SMILES string of the molecule is CCOC(=O)C1=C(C)NC(=S)N[C@H]1c1ccccc1OCC(=O)NN=Cc1ccc(O[C@H](C)CC)c(OC)c1. The van der Waals surface area contributed by atoms with Crippen LogP contribution in [0.25, 0.3) is 0 Å². The largest absolute Gasteiger partial charge is 0.493 e. The molecular formula is C28H34N4O6S. The van der Waals surface area contributed by atoms with Crippen molar-refractivity contribution in [1.29, 1.82) is 0 Å². The number of thiocarbonyl (C=S) groups is 1. The van der Waals surface area contributed by atoms with Crippen molar-refractivity contribution in [3.8, 4) is 17.2 Å². The van der Waals surface area contributed by atoms with Gasteiger partial charge in [-0.2, -0.15) is 5.10 Å². The van der Waals surface area contributed by atoms with Gasteiger partial charge in [0.2, 0.25) is 0 Å². The third-order valence-corrected chi connectivity index (χ3v) is 6.07. The van der Waals surface area contributed by atoms with Crippen LogP contribution in [0.3, 0.4) is 0 Å². The fraction of sp³-hybridized carbons (Fsp3) is 0.357. The zero-order chi connectivity index (χ0) is 28.4. The second-order valence-corrected chi connectivity index (χ2v) is 9.07. The standard InChI is InChI=1S/C28H34N4O6S/c1-6-17(3)38-22-13-12-19(14-23(22)35-5)15-29-32-24(33)16-37-21-11-9-8-10-20(21)26-25(27(34)36-7-2)18(4)30-28(39)31-26/h8-15,17,26H,6-7,16H2,1-5H3,(H,32,33)(H2,30,31,39)/t17-,26+/m1/s1. The van der Waals surface area contributed by atoms with E-state index < -0.39 is 17.9 Å². The topological polar surface area (TPSA) is 120 Å². The summed E-state index contributed by atoms with van der Waals surface area (Å²) in [6.45, 7) is 7.45. The molecule has 1 heterocycles. The number of nitrogens with one attached hydrogen (secondary N) is 3. The highest BCUT2D eigenvalue weighted by atomic mass is 32.1. The van der Waals surface area contributed by atoms with Crippen LogP contribution in [0, 0.1) is 0 Å². The van der Waals surface area contributed by atoms with E-state index in [0.29, 0.717) is 39.2 Å². The summed E-state index contributed by atoms with van der Waals surface area (Å²) < 4.78 is 22.3. The van der Waals surface area contributed by atoms with Crippen molar-refractivity contribution in [2.75, 3.05) is 20.3 Å². The van der Waals surface area contributed by atoms with Crippen LogP contribution < -0.4 is 30.3 Å². The number of benzene rings is 2. The number of para-hydroxylation sites is 1. The highest BCUT2D eigenvalue weighted by Crippen LogP contribution is 2.33. The molecule has 0 saturated carbocycles. The zero-order valence-electron chi connectivity index (χ0n) is 22.7. The molecule has 208 valence electrons. The Morgan fingerprint density at radius 2 is 1.92 bits per heavy atom. The summed E-state index contributed by atoms with van der Waals surface area (Å²) >= 11 is 5.30. The summed E-state index contributed by atoms with van der Waals surface area (Å²) in [7, 11) is 1.57. The molecule has 3 N–H and O–H groups in total. The van der Waals surface area contributed by atoms with Crippen LogP contribution >= 0.6 is 12.2 Å². The smallest absolute Gasteiger partial charge is 0.338 e. The molecule has 0 radical (unpaired) electrons. The average molecular weight is 555 g/mol. The number of ether oxygens (including phenoxy) is 4. The molecule has 2 aromatic carbocycles. The van der Waals surface area contributed by atoms with Gasteiger partial charge in [0.05, 0.1) is 37.7 Å². The van der Waals surface area contributed by atoms with Crippen LogP contribution in [-0.2, 0) is 14.3 Å². The van der Waals surface area contributed by atoms with Crippen LogP contribution in [0.15, 0.2) is 58.8 Å². The molecule has 39 heavy (non-hydrogen) atoms. The molecule has 0 fully saturated rings. The summed E-state index contributed by atoms with van der Waals surface area (Å²) in [6.07, 6.45) is 2.43. The predicted octanol–water partition coefficient (Wildman–Crippen LogP) is 3.76. The molecule has 2 atom stereocenters. The lowest BCUT2D eigenvalue weighted by Crippen LogP contribution is -2.45. The maximum absolute atomic E-state index is 12.7. The molecule has 0 saturated heterocycles. The van der Waals surface area contributed by atoms with Gasteiger partial charge in [-0.1, -0.05) is 25.1 Å². The highest BCUT2D eigenvalue weighted by molar-refractivity contribution is 7.80. The van der Waals surface area contributed by atoms with E-state index in [4.69, 9.17) is 31.2 Å². The van der Waals surface area contributed by atoms with E-state index in [0.717, 1.165) is 12.0 Å². The first-order valence-corrected chi connectivity index (χ1v) is 13.0. The molecular weight excluding hydrogens is 520 g/mol. The summed E-state index contributed by atoms with van der Waals surface area (Å²) in [5, 5.41) is 10.4. The van der Waals surface area contributed by atoms with E-state index in [1.807, 2.05) is 26.0 Å². The van der Waals surface area contributed by atoms with E-state index in [9.17, 15) is 9.59 Å². The van der Waals surface area contributed by atoms with Crippen LogP contribution in [0.5, 0.6) is 17.2 Å². The Morgan fingerprint density at radius 3 is 2.64 bits per heavy atom. The number of methoxy groups -OCH3 is 1. The second-order valence-electron chi connectivity index (χ2n) is 8.66. The number of hydrogen-bond donors (Lipinski definition) is 3. The molecule has 0 aliphatic carbocycles. The number of hydrogen-bond acceptors (Lipinski definition) is 8. The molecule has 0 aromatic heterocycles. The minimum Gasteiger partial charge on any atom is -0.493 e. The summed E-state index contributed by atoms with van der Waals surface area (Å²) in [5.41, 5.74) is 4.77. The van der Waals surface area contributed by atoms with Crippen LogP contribution in [0.2, 0.25) is 0 Å². The van der Waals surface area contributed by atoms with Gasteiger partial charge in [0, 0.05) is 11.3 Å². The zero-order valence-corrected chi connectivity index (χ0v) is 23.5.